The van der Waals surface area contributed by atoms with Gasteiger partial charge in [-0.3, -0.25) is 4.79 Å². The molecule has 1 amide bonds. The first-order valence-electron chi connectivity index (χ1n) is 12.5. The van der Waals surface area contributed by atoms with Crippen molar-refractivity contribution in [3.63, 3.8) is 0 Å². The topological polar surface area (TPSA) is 104 Å². The van der Waals surface area contributed by atoms with E-state index in [1.807, 2.05) is 0 Å². The summed E-state index contributed by atoms with van der Waals surface area (Å²) in [6, 6.07) is 6.75. The SMILES string of the molecule is O=C(O)c1ccc(-n2ncc(C(=O)NC3C4CC5CC3CC(O)(C5)C4)c2SC2CCCC2)cc1. The summed E-state index contributed by atoms with van der Waals surface area (Å²) in [5, 5.41) is 29.3. The van der Waals surface area contributed by atoms with Crippen LogP contribution < -0.4 is 5.32 Å². The quantitative estimate of drug-likeness (QED) is 0.569. The highest BCUT2D eigenvalue weighted by molar-refractivity contribution is 8.00. The zero-order chi connectivity index (χ0) is 23.4. The summed E-state index contributed by atoms with van der Waals surface area (Å²) < 4.78 is 1.78. The standard InChI is InChI=1S/C26H31N3O4S/c30-23(28-22-17-9-15-10-18(22)13-26(33,11-15)12-17)21-14-27-29(24(21)34-20-3-1-2-4-20)19-7-5-16(6-8-19)25(31)32/h5-8,14-15,17-18,20,22,33H,1-4,9-13H2,(H,28,30)(H,31,32). The van der Waals surface area contributed by atoms with E-state index in [9.17, 15) is 19.8 Å². The van der Waals surface area contributed by atoms with Crippen molar-refractivity contribution in [3.8, 4) is 5.69 Å². The van der Waals surface area contributed by atoms with Gasteiger partial charge in [-0.1, -0.05) is 12.8 Å². The molecule has 2 unspecified atom stereocenters. The Bertz CT molecular complexity index is 1090. The number of carbonyl (C=O) groups is 2. The number of nitrogens with one attached hydrogen (secondary N) is 1. The van der Waals surface area contributed by atoms with Crippen LogP contribution in [0.4, 0.5) is 0 Å². The van der Waals surface area contributed by atoms with Crippen molar-refractivity contribution in [3.05, 3.63) is 41.6 Å². The third kappa shape index (κ3) is 3.94. The molecule has 1 aromatic heterocycles. The molecule has 1 aromatic carbocycles. The molecule has 0 radical (unpaired) electrons. The number of thioether (sulfide) groups is 1. The van der Waals surface area contributed by atoms with Crippen molar-refractivity contribution in [2.45, 2.75) is 79.7 Å². The van der Waals surface area contributed by atoms with Gasteiger partial charge in [0, 0.05) is 11.3 Å². The van der Waals surface area contributed by atoms with Crippen LogP contribution in [0.15, 0.2) is 35.5 Å². The van der Waals surface area contributed by atoms with Crippen LogP contribution >= 0.6 is 11.8 Å². The molecule has 1 heterocycles. The van der Waals surface area contributed by atoms with E-state index in [0.717, 1.165) is 55.7 Å². The largest absolute Gasteiger partial charge is 0.478 e. The van der Waals surface area contributed by atoms with E-state index in [0.29, 0.717) is 28.6 Å². The van der Waals surface area contributed by atoms with E-state index in [2.05, 4.69) is 10.4 Å². The van der Waals surface area contributed by atoms with Crippen LogP contribution in [0, 0.1) is 17.8 Å². The van der Waals surface area contributed by atoms with Crippen molar-refractivity contribution >= 4 is 23.6 Å². The van der Waals surface area contributed by atoms with E-state index < -0.39 is 11.6 Å². The average Bonchev–Trinajstić information content (AvgIpc) is 3.45. The zero-order valence-electron chi connectivity index (χ0n) is 19.2. The number of nitrogens with zero attached hydrogens (tertiary/aromatic N) is 2. The summed E-state index contributed by atoms with van der Waals surface area (Å²) >= 11 is 1.72. The molecule has 5 fully saturated rings. The molecule has 2 atom stereocenters. The van der Waals surface area contributed by atoms with Crippen molar-refractivity contribution < 1.29 is 19.8 Å². The predicted octanol–water partition coefficient (Wildman–Crippen LogP) is 4.27. The summed E-state index contributed by atoms with van der Waals surface area (Å²) in [6.45, 7) is 0. The number of benzene rings is 1. The van der Waals surface area contributed by atoms with E-state index in [4.69, 9.17) is 0 Å². The molecule has 0 aliphatic heterocycles. The molecule has 7 rings (SSSR count). The maximum absolute atomic E-state index is 13.6. The number of aliphatic hydroxyl groups is 1. The van der Waals surface area contributed by atoms with Crippen LogP contribution in [0.25, 0.3) is 5.69 Å². The number of amides is 1. The predicted molar refractivity (Wildman–Crippen MR) is 128 cm³/mol. The Kier molecular flexibility index (Phi) is 5.48. The molecule has 180 valence electrons. The van der Waals surface area contributed by atoms with Crippen molar-refractivity contribution in [1.29, 1.82) is 0 Å². The maximum atomic E-state index is 13.6. The van der Waals surface area contributed by atoms with Gasteiger partial charge in [0.25, 0.3) is 5.91 Å². The Balaban J connectivity index is 1.28. The van der Waals surface area contributed by atoms with Gasteiger partial charge in [0.05, 0.1) is 28.6 Å². The van der Waals surface area contributed by atoms with Gasteiger partial charge in [0.2, 0.25) is 0 Å². The number of hydrogen-bond donors (Lipinski definition) is 3. The van der Waals surface area contributed by atoms with Gasteiger partial charge < -0.3 is 15.5 Å². The Labute approximate surface area is 203 Å². The first kappa shape index (κ1) is 22.2. The highest BCUT2D eigenvalue weighted by Crippen LogP contribution is 2.55. The van der Waals surface area contributed by atoms with Crippen LogP contribution in [0.1, 0.15) is 78.5 Å². The minimum absolute atomic E-state index is 0.0848. The second-order valence-electron chi connectivity index (χ2n) is 10.8. The van der Waals surface area contributed by atoms with Gasteiger partial charge in [0.15, 0.2) is 0 Å². The summed E-state index contributed by atoms with van der Waals surface area (Å²) in [6.07, 6.45) is 11.0. The molecule has 5 aliphatic rings. The van der Waals surface area contributed by atoms with Crippen LogP contribution in [0.2, 0.25) is 0 Å². The second-order valence-corrected chi connectivity index (χ2v) is 12.1. The first-order chi connectivity index (χ1) is 16.4. The summed E-state index contributed by atoms with van der Waals surface area (Å²) in [7, 11) is 0. The fourth-order valence-corrected chi connectivity index (χ4v) is 8.56. The minimum Gasteiger partial charge on any atom is -0.478 e. The van der Waals surface area contributed by atoms with E-state index in [1.165, 1.54) is 12.8 Å². The first-order valence-corrected chi connectivity index (χ1v) is 13.4. The van der Waals surface area contributed by atoms with E-state index in [-0.39, 0.29) is 17.5 Å². The second kappa shape index (κ2) is 8.41. The normalized spacial score (nSPS) is 32.3. The molecular formula is C26H31N3O4S. The Hall–Kier alpha value is -2.32. The Morgan fingerprint density at radius 1 is 1.06 bits per heavy atom. The van der Waals surface area contributed by atoms with Gasteiger partial charge in [-0.2, -0.15) is 5.10 Å². The number of aromatic nitrogens is 2. The molecule has 5 aliphatic carbocycles. The number of carboxylic acids is 1. The highest BCUT2D eigenvalue weighted by atomic mass is 32.2. The van der Waals surface area contributed by atoms with Gasteiger partial charge in [0.1, 0.15) is 5.03 Å². The molecule has 3 N–H and O–H groups in total. The monoisotopic (exact) mass is 481 g/mol. The molecule has 2 aromatic rings. The molecule has 0 saturated heterocycles. The third-order valence-corrected chi connectivity index (χ3v) is 9.87. The van der Waals surface area contributed by atoms with Crippen LogP contribution in [0.5, 0.6) is 0 Å². The van der Waals surface area contributed by atoms with Gasteiger partial charge >= 0.3 is 5.97 Å². The van der Waals surface area contributed by atoms with Gasteiger partial charge in [-0.15, -0.1) is 11.8 Å². The van der Waals surface area contributed by atoms with Crippen molar-refractivity contribution in [2.24, 2.45) is 17.8 Å². The van der Waals surface area contributed by atoms with Crippen LogP contribution in [-0.4, -0.2) is 48.8 Å². The molecular weight excluding hydrogens is 450 g/mol. The Morgan fingerprint density at radius 2 is 1.74 bits per heavy atom. The summed E-state index contributed by atoms with van der Waals surface area (Å²) in [5.74, 6) is 0.251. The lowest BCUT2D eigenvalue weighted by atomic mass is 9.52. The molecule has 5 saturated carbocycles. The van der Waals surface area contributed by atoms with Gasteiger partial charge in [-0.05, 0) is 87.0 Å². The zero-order valence-corrected chi connectivity index (χ0v) is 20.0. The lowest BCUT2D eigenvalue weighted by Gasteiger charge is -2.58. The van der Waals surface area contributed by atoms with Crippen molar-refractivity contribution in [2.75, 3.05) is 0 Å². The number of carbonyl (C=O) groups excluding carboxylic acids is 1. The lowest BCUT2D eigenvalue weighted by Crippen LogP contribution is -2.61. The van der Waals surface area contributed by atoms with Crippen LogP contribution in [-0.2, 0) is 0 Å². The minimum atomic E-state index is -0.965. The smallest absolute Gasteiger partial charge is 0.335 e. The number of aromatic carboxylic acids is 1. The number of hydrogen-bond acceptors (Lipinski definition) is 5. The van der Waals surface area contributed by atoms with E-state index >= 15 is 0 Å². The maximum Gasteiger partial charge on any atom is 0.335 e. The van der Waals surface area contributed by atoms with E-state index in [1.54, 1.807) is 46.9 Å². The average molecular weight is 482 g/mol. The molecule has 34 heavy (non-hydrogen) atoms. The fraction of sp³-hybridized carbons (Fsp3) is 0.577. The van der Waals surface area contributed by atoms with Gasteiger partial charge in [-0.25, -0.2) is 9.48 Å². The summed E-state index contributed by atoms with van der Waals surface area (Å²) in [4.78, 5) is 24.8. The number of carboxylic acid groups (broad SMARTS) is 1. The molecule has 7 nitrogen and oxygen atoms in total. The molecule has 0 spiro atoms. The third-order valence-electron chi connectivity index (χ3n) is 8.45. The van der Waals surface area contributed by atoms with Crippen molar-refractivity contribution in [1.82, 2.24) is 15.1 Å². The Morgan fingerprint density at radius 3 is 2.35 bits per heavy atom. The van der Waals surface area contributed by atoms with Crippen LogP contribution in [0.3, 0.4) is 0 Å². The highest BCUT2D eigenvalue weighted by Gasteiger charge is 2.55. The summed E-state index contributed by atoms with van der Waals surface area (Å²) in [5.41, 5.74) is 1.05. The molecule has 4 bridgehead atoms. The fourth-order valence-electron chi connectivity index (χ4n) is 7.15. The number of rotatable bonds is 6. The lowest BCUT2D eigenvalue weighted by molar-refractivity contribution is -0.136. The molecule has 8 heteroatoms.